The second-order valence-corrected chi connectivity index (χ2v) is 6.93. The Morgan fingerprint density at radius 1 is 1.13 bits per heavy atom. The highest BCUT2D eigenvalue weighted by Crippen LogP contribution is 2.10. The highest BCUT2D eigenvalue weighted by atomic mass is 16.5. The summed E-state index contributed by atoms with van der Waals surface area (Å²) in [6, 6.07) is 0. The van der Waals surface area contributed by atoms with E-state index >= 15 is 0 Å². The molecular weight excluding hydrogens is 290 g/mol. The molecule has 2 saturated heterocycles. The van der Waals surface area contributed by atoms with Gasteiger partial charge in [0.25, 0.3) is 0 Å². The molecule has 6 heteroatoms. The first-order valence-corrected chi connectivity index (χ1v) is 9.30. The summed E-state index contributed by atoms with van der Waals surface area (Å²) < 4.78 is 5.35. The van der Waals surface area contributed by atoms with Crippen LogP contribution in [-0.4, -0.2) is 81.3 Å². The third-order valence-electron chi connectivity index (χ3n) is 4.65. The summed E-state index contributed by atoms with van der Waals surface area (Å²) in [6.45, 7) is 12.6. The molecule has 2 heterocycles. The summed E-state index contributed by atoms with van der Waals surface area (Å²) in [5, 5.41) is 3.24. The van der Waals surface area contributed by atoms with Crippen molar-refractivity contribution in [2.24, 2.45) is 16.6 Å². The van der Waals surface area contributed by atoms with E-state index in [4.69, 9.17) is 10.5 Å². The molecular formula is C17H35N5O. The second-order valence-electron chi connectivity index (χ2n) is 6.93. The van der Waals surface area contributed by atoms with E-state index in [9.17, 15) is 0 Å². The fourth-order valence-corrected chi connectivity index (χ4v) is 3.29. The zero-order valence-electron chi connectivity index (χ0n) is 14.8. The van der Waals surface area contributed by atoms with Crippen LogP contribution in [0.2, 0.25) is 0 Å². The fourth-order valence-electron chi connectivity index (χ4n) is 3.29. The van der Waals surface area contributed by atoms with Gasteiger partial charge in [-0.05, 0) is 44.8 Å². The van der Waals surface area contributed by atoms with Crippen LogP contribution in [0.1, 0.15) is 32.6 Å². The predicted molar refractivity (Wildman–Crippen MR) is 95.8 cm³/mol. The Morgan fingerprint density at radius 2 is 1.87 bits per heavy atom. The molecule has 134 valence electrons. The number of ether oxygens (including phenoxy) is 1. The summed E-state index contributed by atoms with van der Waals surface area (Å²) in [5.41, 5.74) is 5.97. The minimum Gasteiger partial charge on any atom is -0.379 e. The lowest BCUT2D eigenvalue weighted by atomic mass is 10.1. The summed E-state index contributed by atoms with van der Waals surface area (Å²) in [4.78, 5) is 9.51. The zero-order valence-corrected chi connectivity index (χ0v) is 14.8. The molecule has 6 nitrogen and oxygen atoms in total. The number of hydrogen-bond acceptors (Lipinski definition) is 4. The van der Waals surface area contributed by atoms with Crippen LogP contribution < -0.4 is 11.1 Å². The van der Waals surface area contributed by atoms with E-state index in [-0.39, 0.29) is 0 Å². The molecule has 2 fully saturated rings. The van der Waals surface area contributed by atoms with Crippen LogP contribution in [0, 0.1) is 5.92 Å². The van der Waals surface area contributed by atoms with Gasteiger partial charge in [-0.2, -0.15) is 0 Å². The van der Waals surface area contributed by atoms with E-state index in [1.165, 1.54) is 32.4 Å². The molecule has 23 heavy (non-hydrogen) atoms. The third kappa shape index (κ3) is 7.99. The number of morpholine rings is 1. The molecule has 0 aromatic heterocycles. The van der Waals surface area contributed by atoms with Crippen LogP contribution >= 0.6 is 0 Å². The maximum atomic E-state index is 5.97. The molecule has 0 aromatic carbocycles. The van der Waals surface area contributed by atoms with Crippen LogP contribution in [-0.2, 0) is 4.74 Å². The van der Waals surface area contributed by atoms with Gasteiger partial charge in [0.05, 0.1) is 13.2 Å². The molecule has 0 saturated carbocycles. The minimum absolute atomic E-state index is 0.571. The van der Waals surface area contributed by atoms with Gasteiger partial charge in [-0.3, -0.25) is 9.89 Å². The van der Waals surface area contributed by atoms with Crippen molar-refractivity contribution in [1.82, 2.24) is 15.1 Å². The Bertz CT molecular complexity index is 338. The average Bonchev–Trinajstić information content (AvgIpc) is 2.59. The van der Waals surface area contributed by atoms with Crippen molar-refractivity contribution in [3.8, 4) is 0 Å². The van der Waals surface area contributed by atoms with Gasteiger partial charge in [-0.15, -0.1) is 0 Å². The van der Waals surface area contributed by atoms with E-state index < -0.39 is 0 Å². The van der Waals surface area contributed by atoms with Crippen LogP contribution in [0.3, 0.4) is 0 Å². The van der Waals surface area contributed by atoms with Gasteiger partial charge in [0.1, 0.15) is 0 Å². The van der Waals surface area contributed by atoms with E-state index in [0.29, 0.717) is 11.9 Å². The van der Waals surface area contributed by atoms with Crippen molar-refractivity contribution < 1.29 is 4.74 Å². The van der Waals surface area contributed by atoms with Gasteiger partial charge in [-0.1, -0.05) is 13.3 Å². The highest BCUT2D eigenvalue weighted by molar-refractivity contribution is 5.77. The smallest absolute Gasteiger partial charge is 0.188 e. The Kier molecular flexibility index (Phi) is 8.71. The number of nitrogens with one attached hydrogen (secondary N) is 1. The number of guanidine groups is 1. The topological polar surface area (TPSA) is 66.1 Å². The SMILES string of the molecule is CC(CN=C(N)NCCCN1CCOCC1)CN1CCCCC1. The van der Waals surface area contributed by atoms with Crippen molar-refractivity contribution in [1.29, 1.82) is 0 Å². The number of hydrogen-bond donors (Lipinski definition) is 2. The van der Waals surface area contributed by atoms with Crippen molar-refractivity contribution in [2.45, 2.75) is 32.6 Å². The lowest BCUT2D eigenvalue weighted by Gasteiger charge is -2.28. The largest absolute Gasteiger partial charge is 0.379 e. The molecule has 0 aliphatic carbocycles. The highest BCUT2D eigenvalue weighted by Gasteiger charge is 2.13. The summed E-state index contributed by atoms with van der Waals surface area (Å²) in [7, 11) is 0. The molecule has 0 aromatic rings. The van der Waals surface area contributed by atoms with Crippen molar-refractivity contribution in [3.05, 3.63) is 0 Å². The van der Waals surface area contributed by atoms with Crippen molar-refractivity contribution in [2.75, 3.05) is 65.6 Å². The van der Waals surface area contributed by atoms with Crippen molar-refractivity contribution >= 4 is 5.96 Å². The van der Waals surface area contributed by atoms with E-state index in [1.54, 1.807) is 0 Å². The van der Waals surface area contributed by atoms with E-state index in [0.717, 1.165) is 58.9 Å². The number of nitrogens with two attached hydrogens (primary N) is 1. The molecule has 2 rings (SSSR count). The normalized spacial score (nSPS) is 22.9. The zero-order chi connectivity index (χ0) is 16.3. The minimum atomic E-state index is 0.571. The number of aliphatic imine (C=N–C) groups is 1. The first-order chi connectivity index (χ1) is 11.2. The monoisotopic (exact) mass is 325 g/mol. The van der Waals surface area contributed by atoms with Crippen LogP contribution in [0.4, 0.5) is 0 Å². The second kappa shape index (κ2) is 10.8. The lowest BCUT2D eigenvalue weighted by molar-refractivity contribution is 0.0376. The Balaban J connectivity index is 1.51. The molecule has 2 aliphatic rings. The average molecular weight is 326 g/mol. The van der Waals surface area contributed by atoms with Crippen LogP contribution in [0.5, 0.6) is 0 Å². The van der Waals surface area contributed by atoms with Gasteiger partial charge >= 0.3 is 0 Å². The van der Waals surface area contributed by atoms with Gasteiger partial charge < -0.3 is 20.7 Å². The quantitative estimate of drug-likeness (QED) is 0.391. The lowest BCUT2D eigenvalue weighted by Crippen LogP contribution is -2.39. The molecule has 0 radical (unpaired) electrons. The van der Waals surface area contributed by atoms with Crippen LogP contribution in [0.25, 0.3) is 0 Å². The predicted octanol–water partition coefficient (Wildman–Crippen LogP) is 0.735. The summed E-state index contributed by atoms with van der Waals surface area (Å²) in [5.74, 6) is 1.17. The molecule has 1 atom stereocenters. The number of likely N-dealkylation sites (tertiary alicyclic amines) is 1. The fraction of sp³-hybridized carbons (Fsp3) is 0.941. The Morgan fingerprint density at radius 3 is 2.61 bits per heavy atom. The van der Waals surface area contributed by atoms with Gasteiger partial charge in [0.15, 0.2) is 5.96 Å². The molecule has 1 unspecified atom stereocenters. The molecule has 0 spiro atoms. The van der Waals surface area contributed by atoms with Gasteiger partial charge in [-0.25, -0.2) is 0 Å². The van der Waals surface area contributed by atoms with Gasteiger partial charge in [0.2, 0.25) is 0 Å². The Hall–Kier alpha value is -0.850. The first-order valence-electron chi connectivity index (χ1n) is 9.30. The molecule has 2 aliphatic heterocycles. The number of nitrogens with zero attached hydrogens (tertiary/aromatic N) is 3. The number of rotatable bonds is 8. The van der Waals surface area contributed by atoms with Gasteiger partial charge in [0, 0.05) is 32.7 Å². The van der Waals surface area contributed by atoms with E-state index in [1.807, 2.05) is 0 Å². The number of piperidine rings is 1. The maximum absolute atomic E-state index is 5.97. The molecule has 0 bridgehead atoms. The standard InChI is InChI=1S/C17H35N5O/c1-16(15-22-7-3-2-4-8-22)14-20-17(18)19-6-5-9-21-10-12-23-13-11-21/h16H,2-15H2,1H3,(H3,18,19,20). The third-order valence-corrected chi connectivity index (χ3v) is 4.65. The maximum Gasteiger partial charge on any atom is 0.188 e. The Labute approximate surface area is 141 Å². The molecule has 3 N–H and O–H groups in total. The molecule has 0 amide bonds. The summed E-state index contributed by atoms with van der Waals surface area (Å²) >= 11 is 0. The van der Waals surface area contributed by atoms with Crippen LogP contribution in [0.15, 0.2) is 4.99 Å². The van der Waals surface area contributed by atoms with Crippen molar-refractivity contribution in [3.63, 3.8) is 0 Å². The first kappa shape index (κ1) is 18.5. The summed E-state index contributed by atoms with van der Waals surface area (Å²) in [6.07, 6.45) is 5.19. The van der Waals surface area contributed by atoms with E-state index in [2.05, 4.69) is 27.0 Å².